The predicted octanol–water partition coefficient (Wildman–Crippen LogP) is 5.05. The summed E-state index contributed by atoms with van der Waals surface area (Å²) >= 11 is 0. The largest absolute Gasteiger partial charge is 0.461 e. The van der Waals surface area contributed by atoms with E-state index in [1.54, 1.807) is 27.7 Å². The first-order valence-corrected chi connectivity index (χ1v) is 9.74. The molecule has 5 nitrogen and oxygen atoms in total. The van der Waals surface area contributed by atoms with Crippen molar-refractivity contribution in [1.82, 2.24) is 5.32 Å². The highest BCUT2D eigenvalue weighted by Crippen LogP contribution is 2.28. The summed E-state index contributed by atoms with van der Waals surface area (Å²) in [6.45, 7) is 13.2. The van der Waals surface area contributed by atoms with Crippen molar-refractivity contribution in [3.05, 3.63) is 35.9 Å². The van der Waals surface area contributed by atoms with E-state index in [1.807, 2.05) is 25.1 Å². The quantitative estimate of drug-likeness (QED) is 0.644. The molecule has 0 fully saturated rings. The lowest BCUT2D eigenvalue weighted by molar-refractivity contribution is -0.151. The summed E-state index contributed by atoms with van der Waals surface area (Å²) in [6, 6.07) is 9.34. The highest BCUT2D eigenvalue weighted by Gasteiger charge is 2.27. The van der Waals surface area contributed by atoms with Crippen LogP contribution < -0.4 is 5.32 Å². The number of nitrogens with one attached hydrogen (secondary N) is 1. The molecule has 27 heavy (non-hydrogen) atoms. The summed E-state index contributed by atoms with van der Waals surface area (Å²) in [5.74, 6) is 0.233. The Hall–Kier alpha value is -2.04. The van der Waals surface area contributed by atoms with E-state index in [4.69, 9.17) is 9.47 Å². The highest BCUT2D eigenvalue weighted by atomic mass is 16.6. The first kappa shape index (κ1) is 23.0. The summed E-state index contributed by atoms with van der Waals surface area (Å²) < 4.78 is 10.9. The number of rotatable bonds is 8. The summed E-state index contributed by atoms with van der Waals surface area (Å²) in [5.41, 5.74) is 0.544. The zero-order valence-electron chi connectivity index (χ0n) is 17.7. The second-order valence-electron chi connectivity index (χ2n) is 8.50. The molecule has 1 aromatic carbocycles. The highest BCUT2D eigenvalue weighted by molar-refractivity contribution is 5.81. The molecule has 5 heteroatoms. The Bertz CT molecular complexity index is 592. The fourth-order valence-corrected chi connectivity index (χ4v) is 2.80. The first-order chi connectivity index (χ1) is 12.5. The fraction of sp³-hybridized carbons (Fsp3) is 0.636. The van der Waals surface area contributed by atoms with Crippen LogP contribution in [-0.4, -0.2) is 29.8 Å². The molecule has 0 unspecified atom stereocenters. The Morgan fingerprint density at radius 1 is 1.00 bits per heavy atom. The van der Waals surface area contributed by atoms with Gasteiger partial charge in [-0.05, 0) is 52.5 Å². The standard InChI is InChI=1S/C22H35NO4/c1-15(2)13-14-19(18-11-9-8-10-12-18)17(4)26-20(24)16(3)23-21(25)27-22(5,6)7/h8-12,15-17,19H,13-14H2,1-7H3,(H,23,25)/t16-,17-,19-/m0/s1. The van der Waals surface area contributed by atoms with Gasteiger partial charge in [-0.15, -0.1) is 0 Å². The molecule has 152 valence electrons. The molecule has 0 aromatic heterocycles. The molecule has 0 bridgehead atoms. The number of ether oxygens (including phenoxy) is 2. The number of carbonyl (C=O) groups excluding carboxylic acids is 2. The van der Waals surface area contributed by atoms with Crippen LogP contribution in [0.1, 0.15) is 72.8 Å². The molecule has 1 rings (SSSR count). The van der Waals surface area contributed by atoms with Gasteiger partial charge in [-0.1, -0.05) is 50.6 Å². The van der Waals surface area contributed by atoms with Gasteiger partial charge in [0.1, 0.15) is 17.7 Å². The molecule has 0 aliphatic heterocycles. The van der Waals surface area contributed by atoms with Crippen molar-refractivity contribution in [3.8, 4) is 0 Å². The van der Waals surface area contributed by atoms with E-state index < -0.39 is 23.7 Å². The molecule has 1 N–H and O–H groups in total. The summed E-state index contributed by atoms with van der Waals surface area (Å²) in [4.78, 5) is 24.3. The predicted molar refractivity (Wildman–Crippen MR) is 108 cm³/mol. The SMILES string of the molecule is CC(C)CC[C@H](c1ccccc1)[C@H](C)OC(=O)[C@H](C)NC(=O)OC(C)(C)C. The Kier molecular flexibility index (Phi) is 8.80. The molecule has 0 heterocycles. The Balaban J connectivity index is 2.71. The van der Waals surface area contributed by atoms with Crippen LogP contribution in [-0.2, 0) is 14.3 Å². The lowest BCUT2D eigenvalue weighted by Gasteiger charge is -2.27. The van der Waals surface area contributed by atoms with E-state index in [2.05, 4.69) is 31.3 Å². The second-order valence-corrected chi connectivity index (χ2v) is 8.50. The van der Waals surface area contributed by atoms with E-state index in [-0.39, 0.29) is 12.0 Å². The summed E-state index contributed by atoms with van der Waals surface area (Å²) in [5, 5.41) is 2.53. The van der Waals surface area contributed by atoms with Crippen LogP contribution >= 0.6 is 0 Å². The normalized spacial score (nSPS) is 15.0. The number of amides is 1. The van der Waals surface area contributed by atoms with Crippen molar-refractivity contribution in [2.24, 2.45) is 5.92 Å². The zero-order chi connectivity index (χ0) is 20.6. The Morgan fingerprint density at radius 2 is 1.59 bits per heavy atom. The van der Waals surface area contributed by atoms with E-state index in [0.29, 0.717) is 5.92 Å². The van der Waals surface area contributed by atoms with Crippen molar-refractivity contribution >= 4 is 12.1 Å². The van der Waals surface area contributed by atoms with Gasteiger partial charge < -0.3 is 14.8 Å². The number of hydrogen-bond donors (Lipinski definition) is 1. The average molecular weight is 378 g/mol. The van der Waals surface area contributed by atoms with Crippen LogP contribution in [0.15, 0.2) is 30.3 Å². The number of carbonyl (C=O) groups is 2. The third kappa shape index (κ3) is 8.94. The minimum absolute atomic E-state index is 0.117. The number of hydrogen-bond acceptors (Lipinski definition) is 4. The third-order valence-corrected chi connectivity index (χ3v) is 4.24. The van der Waals surface area contributed by atoms with Gasteiger partial charge in [-0.3, -0.25) is 0 Å². The van der Waals surface area contributed by atoms with Crippen LogP contribution in [0.4, 0.5) is 4.79 Å². The van der Waals surface area contributed by atoms with E-state index in [1.165, 1.54) is 0 Å². The molecular weight excluding hydrogens is 342 g/mol. The van der Waals surface area contributed by atoms with Gasteiger partial charge in [0.05, 0.1) is 0 Å². The second kappa shape index (κ2) is 10.3. The van der Waals surface area contributed by atoms with Crippen molar-refractivity contribution in [2.75, 3.05) is 0 Å². The maximum absolute atomic E-state index is 12.4. The average Bonchev–Trinajstić information content (AvgIpc) is 2.53. The molecular formula is C22H35NO4. The van der Waals surface area contributed by atoms with Crippen molar-refractivity contribution in [2.45, 2.75) is 85.0 Å². The number of benzene rings is 1. The zero-order valence-corrected chi connectivity index (χ0v) is 17.7. The molecule has 0 saturated heterocycles. The van der Waals surface area contributed by atoms with Gasteiger partial charge in [0.15, 0.2) is 0 Å². The molecule has 3 atom stereocenters. The number of esters is 1. The number of alkyl carbamates (subject to hydrolysis) is 1. The lowest BCUT2D eigenvalue weighted by Crippen LogP contribution is -2.43. The Labute approximate surface area is 163 Å². The molecule has 1 aromatic rings. The van der Waals surface area contributed by atoms with Crippen molar-refractivity contribution in [3.63, 3.8) is 0 Å². The van der Waals surface area contributed by atoms with Crippen molar-refractivity contribution in [1.29, 1.82) is 0 Å². The van der Waals surface area contributed by atoms with Gasteiger partial charge in [-0.2, -0.15) is 0 Å². The maximum atomic E-state index is 12.4. The minimum atomic E-state index is -0.774. The van der Waals surface area contributed by atoms with Crippen LogP contribution in [0.5, 0.6) is 0 Å². The van der Waals surface area contributed by atoms with Gasteiger partial charge in [0.2, 0.25) is 0 Å². The molecule has 0 spiro atoms. The van der Waals surface area contributed by atoms with E-state index in [9.17, 15) is 9.59 Å². The summed E-state index contributed by atoms with van der Waals surface area (Å²) in [6.07, 6.45) is 1.07. The molecule has 0 saturated carbocycles. The van der Waals surface area contributed by atoms with Crippen LogP contribution in [0.25, 0.3) is 0 Å². The molecule has 0 aliphatic rings. The van der Waals surface area contributed by atoms with Gasteiger partial charge >= 0.3 is 12.1 Å². The lowest BCUT2D eigenvalue weighted by atomic mass is 9.87. The van der Waals surface area contributed by atoms with E-state index in [0.717, 1.165) is 18.4 Å². The van der Waals surface area contributed by atoms with Crippen LogP contribution in [0.2, 0.25) is 0 Å². The van der Waals surface area contributed by atoms with Crippen LogP contribution in [0.3, 0.4) is 0 Å². The third-order valence-electron chi connectivity index (χ3n) is 4.24. The fourth-order valence-electron chi connectivity index (χ4n) is 2.80. The van der Waals surface area contributed by atoms with Gasteiger partial charge in [0, 0.05) is 5.92 Å². The van der Waals surface area contributed by atoms with Crippen LogP contribution in [0, 0.1) is 5.92 Å². The van der Waals surface area contributed by atoms with Gasteiger partial charge in [-0.25, -0.2) is 9.59 Å². The monoisotopic (exact) mass is 377 g/mol. The first-order valence-electron chi connectivity index (χ1n) is 9.74. The van der Waals surface area contributed by atoms with Gasteiger partial charge in [0.25, 0.3) is 0 Å². The molecule has 0 aliphatic carbocycles. The Morgan fingerprint density at radius 3 is 2.11 bits per heavy atom. The molecule has 0 radical (unpaired) electrons. The molecule has 1 amide bonds. The summed E-state index contributed by atoms with van der Waals surface area (Å²) in [7, 11) is 0. The smallest absolute Gasteiger partial charge is 0.408 e. The van der Waals surface area contributed by atoms with E-state index >= 15 is 0 Å². The minimum Gasteiger partial charge on any atom is -0.461 e. The topological polar surface area (TPSA) is 64.6 Å². The van der Waals surface area contributed by atoms with Crippen molar-refractivity contribution < 1.29 is 19.1 Å². The maximum Gasteiger partial charge on any atom is 0.408 e.